The number of para-hydroxylation sites is 2. The van der Waals surface area contributed by atoms with Gasteiger partial charge in [-0.3, -0.25) is 10.1 Å². The molecule has 1 aromatic heterocycles. The Hall–Kier alpha value is -3.75. The van der Waals surface area contributed by atoms with Crippen molar-refractivity contribution in [2.45, 2.75) is 13.5 Å². The fourth-order valence-electron chi connectivity index (χ4n) is 2.44. The molecule has 9 nitrogen and oxygen atoms in total. The molecule has 0 fully saturated rings. The number of methoxy groups -OCH3 is 1. The minimum atomic E-state index is -0.677. The van der Waals surface area contributed by atoms with E-state index in [0.29, 0.717) is 17.3 Å². The molecule has 0 spiro atoms. The lowest BCUT2D eigenvalue weighted by molar-refractivity contribution is -0.120. The second kappa shape index (κ2) is 8.09. The van der Waals surface area contributed by atoms with Gasteiger partial charge in [0.25, 0.3) is 5.91 Å². The van der Waals surface area contributed by atoms with Crippen LogP contribution in [0.15, 0.2) is 48.5 Å². The molecule has 3 aromatic rings. The van der Waals surface area contributed by atoms with Gasteiger partial charge in [0, 0.05) is 5.56 Å². The summed E-state index contributed by atoms with van der Waals surface area (Å²) in [6.45, 7) is 1.70. The number of rotatable bonds is 5. The fourth-order valence-corrected chi connectivity index (χ4v) is 2.44. The summed E-state index contributed by atoms with van der Waals surface area (Å²) in [5, 5.41) is 16.8. The van der Waals surface area contributed by atoms with Gasteiger partial charge in [0.15, 0.2) is 0 Å². The Bertz CT molecular complexity index is 969. The van der Waals surface area contributed by atoms with Crippen LogP contribution in [0.2, 0.25) is 0 Å². The van der Waals surface area contributed by atoms with Crippen molar-refractivity contribution in [3.8, 4) is 17.1 Å². The van der Waals surface area contributed by atoms with Crippen molar-refractivity contribution in [2.24, 2.45) is 0 Å². The summed E-state index contributed by atoms with van der Waals surface area (Å²) >= 11 is 0. The summed E-state index contributed by atoms with van der Waals surface area (Å²) in [6.07, 6.45) is 0. The first-order valence-electron chi connectivity index (χ1n) is 8.14. The van der Waals surface area contributed by atoms with E-state index in [0.717, 1.165) is 15.9 Å². The van der Waals surface area contributed by atoms with E-state index < -0.39 is 11.9 Å². The molecule has 9 heteroatoms. The number of anilines is 1. The Balaban J connectivity index is 1.60. The van der Waals surface area contributed by atoms with Crippen molar-refractivity contribution in [3.63, 3.8) is 0 Å². The molecule has 2 aromatic carbocycles. The summed E-state index contributed by atoms with van der Waals surface area (Å²) in [5.41, 5.74) is 2.28. The largest absolute Gasteiger partial charge is 0.495 e. The van der Waals surface area contributed by atoms with E-state index in [1.807, 2.05) is 31.2 Å². The van der Waals surface area contributed by atoms with Gasteiger partial charge in [0.1, 0.15) is 12.3 Å². The van der Waals surface area contributed by atoms with Crippen LogP contribution in [0.5, 0.6) is 5.75 Å². The van der Waals surface area contributed by atoms with Gasteiger partial charge < -0.3 is 10.1 Å². The van der Waals surface area contributed by atoms with Crippen molar-refractivity contribution < 1.29 is 14.3 Å². The van der Waals surface area contributed by atoms with Crippen LogP contribution in [0.1, 0.15) is 5.56 Å². The first kappa shape index (κ1) is 18.1. The summed E-state index contributed by atoms with van der Waals surface area (Å²) in [7, 11) is 1.49. The van der Waals surface area contributed by atoms with E-state index >= 15 is 0 Å². The molecule has 1 heterocycles. The zero-order valence-electron chi connectivity index (χ0n) is 14.8. The number of carbonyl (C=O) groups is 2. The maximum atomic E-state index is 12.0. The summed E-state index contributed by atoms with van der Waals surface area (Å²) < 4.78 is 5.14. The minimum absolute atomic E-state index is 0.238. The normalized spacial score (nSPS) is 10.3. The number of aryl methyl sites for hydroxylation is 1. The van der Waals surface area contributed by atoms with Crippen LogP contribution in [0.4, 0.5) is 10.5 Å². The number of carbonyl (C=O) groups excluding carboxylic acids is 2. The van der Waals surface area contributed by atoms with E-state index in [1.54, 1.807) is 24.3 Å². The fraction of sp³-hybridized carbons (Fsp3) is 0.167. The van der Waals surface area contributed by atoms with E-state index in [-0.39, 0.29) is 6.54 Å². The molecule has 3 amide bonds. The molecular weight excluding hydrogens is 348 g/mol. The minimum Gasteiger partial charge on any atom is -0.495 e. The third kappa shape index (κ3) is 4.46. The van der Waals surface area contributed by atoms with E-state index in [1.165, 1.54) is 7.11 Å². The number of aromatic nitrogens is 4. The standard InChI is InChI=1S/C18H18N6O3/c1-12-7-3-4-8-13(12)17-21-23-24(22-17)11-16(25)20-18(26)19-14-9-5-6-10-15(14)27-2/h3-10H,11H2,1-2H3,(H2,19,20,25,26). The predicted molar refractivity (Wildman–Crippen MR) is 98.1 cm³/mol. The van der Waals surface area contributed by atoms with Crippen LogP contribution in [0.3, 0.4) is 0 Å². The lowest BCUT2D eigenvalue weighted by Crippen LogP contribution is -2.37. The molecule has 0 aliphatic carbocycles. The average molecular weight is 366 g/mol. The molecule has 0 saturated carbocycles. The van der Waals surface area contributed by atoms with Gasteiger partial charge in [-0.15, -0.1) is 10.2 Å². The molecule has 0 bridgehead atoms. The van der Waals surface area contributed by atoms with Gasteiger partial charge in [-0.1, -0.05) is 36.4 Å². The molecule has 3 rings (SSSR count). The average Bonchev–Trinajstić information content (AvgIpc) is 3.10. The highest BCUT2D eigenvalue weighted by atomic mass is 16.5. The number of benzene rings is 2. The van der Waals surface area contributed by atoms with E-state index in [4.69, 9.17) is 4.74 Å². The number of nitrogens with zero attached hydrogens (tertiary/aromatic N) is 4. The zero-order chi connectivity index (χ0) is 19.2. The number of ether oxygens (including phenoxy) is 1. The Kier molecular flexibility index (Phi) is 5.41. The van der Waals surface area contributed by atoms with Crippen LogP contribution in [0.25, 0.3) is 11.4 Å². The van der Waals surface area contributed by atoms with Crippen molar-refractivity contribution in [3.05, 3.63) is 54.1 Å². The number of nitrogens with one attached hydrogen (secondary N) is 2. The van der Waals surface area contributed by atoms with E-state index in [9.17, 15) is 9.59 Å². The highest BCUT2D eigenvalue weighted by Crippen LogP contribution is 2.22. The first-order valence-corrected chi connectivity index (χ1v) is 8.14. The van der Waals surface area contributed by atoms with Crippen molar-refractivity contribution in [1.82, 2.24) is 25.5 Å². The number of imide groups is 1. The molecule has 138 valence electrons. The highest BCUT2D eigenvalue weighted by molar-refractivity contribution is 6.01. The van der Waals surface area contributed by atoms with Crippen molar-refractivity contribution in [2.75, 3.05) is 12.4 Å². The molecule has 0 unspecified atom stereocenters. The number of hydrogen-bond acceptors (Lipinski definition) is 6. The van der Waals surface area contributed by atoms with Gasteiger partial charge in [0.05, 0.1) is 12.8 Å². The van der Waals surface area contributed by atoms with Gasteiger partial charge in [-0.2, -0.15) is 4.80 Å². The molecule has 0 atom stereocenters. The van der Waals surface area contributed by atoms with Crippen molar-refractivity contribution >= 4 is 17.6 Å². The number of tetrazole rings is 1. The van der Waals surface area contributed by atoms with Crippen LogP contribution in [0, 0.1) is 6.92 Å². The maximum absolute atomic E-state index is 12.0. The summed E-state index contributed by atoms with van der Waals surface area (Å²) in [4.78, 5) is 25.2. The third-order valence-corrected chi connectivity index (χ3v) is 3.73. The van der Waals surface area contributed by atoms with Gasteiger partial charge in [-0.05, 0) is 29.8 Å². The topological polar surface area (TPSA) is 111 Å². The molecule has 27 heavy (non-hydrogen) atoms. The van der Waals surface area contributed by atoms with Crippen molar-refractivity contribution in [1.29, 1.82) is 0 Å². The Labute approximate surface area is 155 Å². The highest BCUT2D eigenvalue weighted by Gasteiger charge is 2.14. The molecule has 0 aliphatic rings. The third-order valence-electron chi connectivity index (χ3n) is 3.73. The Morgan fingerprint density at radius 2 is 1.85 bits per heavy atom. The predicted octanol–water partition coefficient (Wildman–Crippen LogP) is 2.01. The monoisotopic (exact) mass is 366 g/mol. The van der Waals surface area contributed by atoms with Gasteiger partial charge >= 0.3 is 6.03 Å². The molecule has 0 saturated heterocycles. The molecule has 0 radical (unpaired) electrons. The van der Waals surface area contributed by atoms with Gasteiger partial charge in [-0.25, -0.2) is 4.79 Å². The quantitative estimate of drug-likeness (QED) is 0.714. The number of amides is 3. The van der Waals surface area contributed by atoms with Crippen LogP contribution >= 0.6 is 0 Å². The van der Waals surface area contributed by atoms with E-state index in [2.05, 4.69) is 26.0 Å². The van der Waals surface area contributed by atoms with Crippen LogP contribution in [-0.4, -0.2) is 39.3 Å². The van der Waals surface area contributed by atoms with Crippen LogP contribution in [-0.2, 0) is 11.3 Å². The SMILES string of the molecule is COc1ccccc1NC(=O)NC(=O)Cn1nnc(-c2ccccc2C)n1. The lowest BCUT2D eigenvalue weighted by Gasteiger charge is -2.10. The molecular formula is C18H18N6O3. The summed E-state index contributed by atoms with van der Waals surface area (Å²) in [5.74, 6) is 0.330. The maximum Gasteiger partial charge on any atom is 0.326 e. The molecule has 0 aliphatic heterocycles. The van der Waals surface area contributed by atoms with Gasteiger partial charge in [0.2, 0.25) is 5.82 Å². The smallest absolute Gasteiger partial charge is 0.326 e. The second-order valence-electron chi connectivity index (χ2n) is 5.66. The second-order valence-corrected chi connectivity index (χ2v) is 5.66. The number of hydrogen-bond donors (Lipinski definition) is 2. The molecule has 2 N–H and O–H groups in total. The lowest BCUT2D eigenvalue weighted by atomic mass is 10.1. The zero-order valence-corrected chi connectivity index (χ0v) is 14.8. The first-order chi connectivity index (χ1) is 13.1. The Morgan fingerprint density at radius 3 is 2.63 bits per heavy atom. The summed E-state index contributed by atoms with van der Waals surface area (Å²) in [6, 6.07) is 13.8. The Morgan fingerprint density at radius 1 is 1.11 bits per heavy atom. The van der Waals surface area contributed by atoms with Crippen LogP contribution < -0.4 is 15.4 Å². The number of urea groups is 1.